The first-order valence-corrected chi connectivity index (χ1v) is 11.4. The first-order chi connectivity index (χ1) is 15.9. The molecule has 3 heterocycles. The molecule has 0 amide bonds. The van der Waals surface area contributed by atoms with Crippen molar-refractivity contribution in [1.82, 2.24) is 0 Å². The van der Waals surface area contributed by atoms with Crippen molar-refractivity contribution in [2.75, 3.05) is 19.8 Å². The molecular weight excluding hydrogens is 442 g/mol. The third-order valence-electron chi connectivity index (χ3n) is 5.92. The third-order valence-corrected chi connectivity index (χ3v) is 5.92. The predicted molar refractivity (Wildman–Crippen MR) is 110 cm³/mol. The average molecular weight is 475 g/mol. The second-order valence-electron chi connectivity index (χ2n) is 8.29. The average Bonchev–Trinajstić information content (AvgIpc) is 3.23. The summed E-state index contributed by atoms with van der Waals surface area (Å²) < 4.78 is 34.5. The van der Waals surface area contributed by atoms with E-state index in [0.29, 0.717) is 13.0 Å². The maximum atomic E-state index is 11.8. The first-order valence-electron chi connectivity index (χ1n) is 11.4. The van der Waals surface area contributed by atoms with Crippen LogP contribution in [0.4, 0.5) is 0 Å². The summed E-state index contributed by atoms with van der Waals surface area (Å²) in [6, 6.07) is -1.06. The Kier molecular flexibility index (Phi) is 9.68. The number of carboxylic acid groups (broad SMARTS) is 1. The van der Waals surface area contributed by atoms with Crippen molar-refractivity contribution in [1.29, 1.82) is 0 Å². The van der Waals surface area contributed by atoms with Crippen LogP contribution in [0.5, 0.6) is 0 Å². The van der Waals surface area contributed by atoms with Crippen LogP contribution in [0.25, 0.3) is 10.4 Å². The number of hydrogen-bond donors (Lipinski definition) is 3. The fourth-order valence-electron chi connectivity index (χ4n) is 4.10. The van der Waals surface area contributed by atoms with E-state index in [2.05, 4.69) is 10.0 Å². The Balaban J connectivity index is 1.84. The Hall–Kier alpha value is -1.54. The molecule has 3 saturated heterocycles. The maximum Gasteiger partial charge on any atom is 0.335 e. The minimum absolute atomic E-state index is 0.0827. The van der Waals surface area contributed by atoms with Gasteiger partial charge in [-0.25, -0.2) is 4.79 Å². The van der Waals surface area contributed by atoms with Gasteiger partial charge in [-0.05, 0) is 18.4 Å². The number of hydrogen-bond acceptors (Lipinski definition) is 10. The largest absolute Gasteiger partial charge is 0.479 e. The van der Waals surface area contributed by atoms with Gasteiger partial charge in [0.1, 0.15) is 36.6 Å². The number of aliphatic hydroxyl groups excluding tert-OH is 2. The van der Waals surface area contributed by atoms with E-state index in [1.54, 1.807) is 0 Å². The number of nitrogens with zero attached hydrogens (tertiary/aromatic N) is 3. The van der Waals surface area contributed by atoms with Crippen LogP contribution in [0.3, 0.4) is 0 Å². The highest BCUT2D eigenvalue weighted by molar-refractivity contribution is 5.73. The molecular formula is C20H33N3O10. The lowest BCUT2D eigenvalue weighted by Gasteiger charge is -2.45. The van der Waals surface area contributed by atoms with Gasteiger partial charge in [0.05, 0.1) is 12.7 Å². The zero-order valence-electron chi connectivity index (χ0n) is 18.8. The van der Waals surface area contributed by atoms with E-state index < -0.39 is 67.3 Å². The van der Waals surface area contributed by atoms with Crippen LogP contribution in [-0.4, -0.2) is 102 Å². The molecule has 33 heavy (non-hydrogen) atoms. The van der Waals surface area contributed by atoms with Crippen molar-refractivity contribution in [3.05, 3.63) is 10.4 Å². The van der Waals surface area contributed by atoms with Gasteiger partial charge in [-0.1, -0.05) is 31.8 Å². The molecule has 0 spiro atoms. The molecule has 13 heteroatoms. The van der Waals surface area contributed by atoms with E-state index in [0.717, 1.165) is 19.3 Å². The number of aliphatic hydroxyl groups is 2. The molecule has 0 aromatic carbocycles. The number of fused-ring (bicyclic) bond motifs is 2. The number of azide groups is 1. The second kappa shape index (κ2) is 12.2. The molecule has 0 saturated carbocycles. The fourth-order valence-corrected chi connectivity index (χ4v) is 4.10. The number of unbranched alkanes of at least 4 members (excludes halogenated alkanes) is 2. The summed E-state index contributed by atoms with van der Waals surface area (Å²) in [5.41, 5.74) is 8.84. The number of carbonyl (C=O) groups is 1. The molecule has 0 aromatic heterocycles. The van der Waals surface area contributed by atoms with Gasteiger partial charge < -0.3 is 43.7 Å². The molecule has 0 aromatic rings. The van der Waals surface area contributed by atoms with Gasteiger partial charge in [0, 0.05) is 18.1 Å². The van der Waals surface area contributed by atoms with E-state index in [9.17, 15) is 20.1 Å². The molecule has 0 radical (unpaired) electrons. The number of carboxylic acids is 1. The molecule has 2 bridgehead atoms. The van der Waals surface area contributed by atoms with Crippen LogP contribution in [-0.2, 0) is 33.2 Å². The van der Waals surface area contributed by atoms with Crippen LogP contribution in [0.1, 0.15) is 39.5 Å². The van der Waals surface area contributed by atoms with Crippen LogP contribution in [0, 0.1) is 0 Å². The Morgan fingerprint density at radius 1 is 1.06 bits per heavy atom. The molecule has 4 unspecified atom stereocenters. The molecule has 10 atom stereocenters. The van der Waals surface area contributed by atoms with Crippen LogP contribution < -0.4 is 0 Å². The van der Waals surface area contributed by atoms with E-state index in [4.69, 9.17) is 34.0 Å². The number of ether oxygens (including phenoxy) is 6. The SMILES string of the molecule is CCCCOC1[C@H](O)[C@H](C(=O)O)O[C@@H](O[C@@H]2C3CO[C@H](O3)C(N=[N+]=[N-])C2O)[C@H]1OCCCC. The van der Waals surface area contributed by atoms with Crippen molar-refractivity contribution in [3.63, 3.8) is 0 Å². The smallest absolute Gasteiger partial charge is 0.335 e. The van der Waals surface area contributed by atoms with Crippen molar-refractivity contribution < 1.29 is 48.5 Å². The van der Waals surface area contributed by atoms with Crippen LogP contribution in [0.15, 0.2) is 5.11 Å². The summed E-state index contributed by atoms with van der Waals surface area (Å²) in [5.74, 6) is -1.39. The van der Waals surface area contributed by atoms with Gasteiger partial charge >= 0.3 is 5.97 Å². The first kappa shape index (κ1) is 26.1. The van der Waals surface area contributed by atoms with E-state index in [1.165, 1.54) is 0 Å². The lowest BCUT2D eigenvalue weighted by molar-refractivity contribution is -0.335. The van der Waals surface area contributed by atoms with Gasteiger partial charge in [0.25, 0.3) is 0 Å². The zero-order valence-corrected chi connectivity index (χ0v) is 18.8. The van der Waals surface area contributed by atoms with Gasteiger partial charge in [0.15, 0.2) is 18.7 Å². The van der Waals surface area contributed by atoms with E-state index in [1.807, 2.05) is 13.8 Å². The van der Waals surface area contributed by atoms with Crippen molar-refractivity contribution >= 4 is 5.97 Å². The van der Waals surface area contributed by atoms with Crippen molar-refractivity contribution in [3.8, 4) is 0 Å². The molecule has 3 fully saturated rings. The molecule has 3 N–H and O–H groups in total. The van der Waals surface area contributed by atoms with Crippen molar-refractivity contribution in [2.24, 2.45) is 5.11 Å². The fraction of sp³-hybridized carbons (Fsp3) is 0.950. The van der Waals surface area contributed by atoms with Crippen LogP contribution in [0.2, 0.25) is 0 Å². The highest BCUT2D eigenvalue weighted by Crippen LogP contribution is 2.35. The minimum Gasteiger partial charge on any atom is -0.479 e. The topological polar surface area (TPSA) is 182 Å². The summed E-state index contributed by atoms with van der Waals surface area (Å²) >= 11 is 0. The minimum atomic E-state index is -1.63. The van der Waals surface area contributed by atoms with Gasteiger partial charge in [0.2, 0.25) is 0 Å². The lowest BCUT2D eigenvalue weighted by atomic mass is 9.96. The Labute approximate surface area is 191 Å². The lowest BCUT2D eigenvalue weighted by Crippen LogP contribution is -2.64. The van der Waals surface area contributed by atoms with Gasteiger partial charge in [-0.2, -0.15) is 0 Å². The highest BCUT2D eigenvalue weighted by Gasteiger charge is 2.55. The Bertz CT molecular complexity index is 693. The summed E-state index contributed by atoms with van der Waals surface area (Å²) in [4.78, 5) is 14.5. The standard InChI is InChI=1S/C20H33N3O10/c1-3-5-7-28-15-13(25)16(18(26)27)33-20(17(15)29-8-6-4-2)32-14-10-9-30-19(31-10)11(12(14)24)22-23-21/h10-17,19-20,24-25H,3-9H2,1-2H3,(H,26,27)/t10?,11?,12?,13-,14+,15?,16+,17-,19+,20+/m0/s1. The molecule has 3 rings (SSSR count). The predicted octanol–water partition coefficient (Wildman–Crippen LogP) is 0.708. The second-order valence-corrected chi connectivity index (χ2v) is 8.29. The van der Waals surface area contributed by atoms with Gasteiger partial charge in [-0.3, -0.25) is 0 Å². The molecule has 0 aliphatic carbocycles. The molecule has 188 valence electrons. The summed E-state index contributed by atoms with van der Waals surface area (Å²) in [7, 11) is 0. The summed E-state index contributed by atoms with van der Waals surface area (Å²) in [6.07, 6.45) is -7.23. The monoisotopic (exact) mass is 475 g/mol. The van der Waals surface area contributed by atoms with E-state index >= 15 is 0 Å². The quantitative estimate of drug-likeness (QED) is 0.157. The molecule has 13 nitrogen and oxygen atoms in total. The van der Waals surface area contributed by atoms with Gasteiger partial charge in [-0.15, -0.1) is 0 Å². The zero-order chi connectivity index (χ0) is 24.0. The van der Waals surface area contributed by atoms with Crippen molar-refractivity contribution in [2.45, 2.75) is 101 Å². The summed E-state index contributed by atoms with van der Waals surface area (Å²) in [6.45, 7) is 4.65. The van der Waals surface area contributed by atoms with E-state index in [-0.39, 0.29) is 13.2 Å². The number of aliphatic carboxylic acids is 1. The normalized spacial score (nSPS) is 40.4. The maximum absolute atomic E-state index is 11.8. The molecule has 3 aliphatic rings. The highest BCUT2D eigenvalue weighted by atomic mass is 16.8. The van der Waals surface area contributed by atoms with Crippen LogP contribution >= 0.6 is 0 Å². The molecule has 3 aliphatic heterocycles. The Morgan fingerprint density at radius 2 is 1.73 bits per heavy atom. The Morgan fingerprint density at radius 3 is 2.33 bits per heavy atom. The number of rotatable bonds is 12. The summed E-state index contributed by atoms with van der Waals surface area (Å²) in [5, 5.41) is 34.7. The third kappa shape index (κ3) is 5.94.